The minimum absolute atomic E-state index is 0.112. The SMILES string of the molecule is COc1cc(C)c(C(C)NC(=O)c2ccc(Br)cc2)cc1OC. The van der Waals surface area contributed by atoms with Gasteiger partial charge in [0.1, 0.15) is 0 Å². The van der Waals surface area contributed by atoms with Crippen molar-refractivity contribution in [2.24, 2.45) is 0 Å². The summed E-state index contributed by atoms with van der Waals surface area (Å²) in [5, 5.41) is 3.01. The zero-order chi connectivity index (χ0) is 17.0. The summed E-state index contributed by atoms with van der Waals surface area (Å²) in [5.74, 6) is 1.22. The van der Waals surface area contributed by atoms with Crippen molar-refractivity contribution in [1.29, 1.82) is 0 Å². The molecule has 1 amide bonds. The Labute approximate surface area is 144 Å². The van der Waals surface area contributed by atoms with Crippen LogP contribution < -0.4 is 14.8 Å². The van der Waals surface area contributed by atoms with Gasteiger partial charge in [-0.2, -0.15) is 0 Å². The van der Waals surface area contributed by atoms with Crippen LogP contribution in [0.4, 0.5) is 0 Å². The second kappa shape index (κ2) is 7.51. The summed E-state index contributed by atoms with van der Waals surface area (Å²) in [5.41, 5.74) is 2.65. The Kier molecular flexibility index (Phi) is 5.66. The predicted molar refractivity (Wildman–Crippen MR) is 94.3 cm³/mol. The number of rotatable bonds is 5. The average molecular weight is 378 g/mol. The van der Waals surface area contributed by atoms with Crippen LogP contribution in [0, 0.1) is 6.92 Å². The molecular weight excluding hydrogens is 358 g/mol. The van der Waals surface area contributed by atoms with Gasteiger partial charge in [-0.1, -0.05) is 15.9 Å². The van der Waals surface area contributed by atoms with E-state index in [4.69, 9.17) is 9.47 Å². The van der Waals surface area contributed by atoms with Gasteiger partial charge in [0.15, 0.2) is 11.5 Å². The molecule has 0 aliphatic heterocycles. The van der Waals surface area contributed by atoms with E-state index in [0.29, 0.717) is 17.1 Å². The molecule has 1 unspecified atom stereocenters. The molecular formula is C18H20BrNO3. The van der Waals surface area contributed by atoms with Gasteiger partial charge in [-0.25, -0.2) is 0 Å². The molecule has 0 aliphatic carbocycles. The van der Waals surface area contributed by atoms with Gasteiger partial charge < -0.3 is 14.8 Å². The summed E-state index contributed by atoms with van der Waals surface area (Å²) in [6.45, 7) is 3.94. The molecule has 0 aliphatic rings. The van der Waals surface area contributed by atoms with Gasteiger partial charge in [0.2, 0.25) is 0 Å². The van der Waals surface area contributed by atoms with E-state index in [1.807, 2.05) is 38.1 Å². The Hall–Kier alpha value is -2.01. The number of methoxy groups -OCH3 is 2. The zero-order valence-electron chi connectivity index (χ0n) is 13.6. The number of nitrogens with one attached hydrogen (secondary N) is 1. The number of hydrogen-bond acceptors (Lipinski definition) is 3. The number of carbonyl (C=O) groups excluding carboxylic acids is 1. The van der Waals surface area contributed by atoms with E-state index < -0.39 is 0 Å². The molecule has 0 heterocycles. The lowest BCUT2D eigenvalue weighted by Gasteiger charge is -2.19. The normalized spacial score (nSPS) is 11.7. The molecule has 1 N–H and O–H groups in total. The smallest absolute Gasteiger partial charge is 0.251 e. The van der Waals surface area contributed by atoms with Gasteiger partial charge in [0.05, 0.1) is 20.3 Å². The second-order valence-corrected chi connectivity index (χ2v) is 6.18. The number of amides is 1. The third-order valence-corrected chi connectivity index (χ3v) is 4.22. The first-order valence-electron chi connectivity index (χ1n) is 7.25. The fraction of sp³-hybridized carbons (Fsp3) is 0.278. The van der Waals surface area contributed by atoms with Crippen LogP contribution in [0.25, 0.3) is 0 Å². The minimum Gasteiger partial charge on any atom is -0.493 e. The van der Waals surface area contributed by atoms with Crippen molar-refractivity contribution in [3.8, 4) is 11.5 Å². The van der Waals surface area contributed by atoms with Crippen LogP contribution in [0.1, 0.15) is 34.5 Å². The van der Waals surface area contributed by atoms with E-state index in [2.05, 4.69) is 21.2 Å². The fourth-order valence-corrected chi connectivity index (χ4v) is 2.69. The van der Waals surface area contributed by atoms with Crippen LogP contribution in [0.2, 0.25) is 0 Å². The lowest BCUT2D eigenvalue weighted by molar-refractivity contribution is 0.0939. The van der Waals surface area contributed by atoms with Crippen molar-refractivity contribution >= 4 is 21.8 Å². The zero-order valence-corrected chi connectivity index (χ0v) is 15.2. The van der Waals surface area contributed by atoms with Crippen molar-refractivity contribution in [2.75, 3.05) is 14.2 Å². The van der Waals surface area contributed by atoms with Gasteiger partial charge >= 0.3 is 0 Å². The average Bonchev–Trinajstić information content (AvgIpc) is 2.54. The molecule has 0 aromatic heterocycles. The Morgan fingerprint density at radius 2 is 1.65 bits per heavy atom. The highest BCUT2D eigenvalue weighted by molar-refractivity contribution is 9.10. The molecule has 4 nitrogen and oxygen atoms in total. The Morgan fingerprint density at radius 3 is 2.22 bits per heavy atom. The van der Waals surface area contributed by atoms with E-state index in [1.54, 1.807) is 26.4 Å². The minimum atomic E-state index is -0.147. The summed E-state index contributed by atoms with van der Waals surface area (Å²) in [4.78, 5) is 12.3. The predicted octanol–water partition coefficient (Wildman–Crippen LogP) is 4.27. The molecule has 2 aromatic carbocycles. The number of carbonyl (C=O) groups is 1. The van der Waals surface area contributed by atoms with Gasteiger partial charge in [0, 0.05) is 10.0 Å². The Bertz CT molecular complexity index is 698. The first-order chi connectivity index (χ1) is 11.0. The van der Waals surface area contributed by atoms with Gasteiger partial charge in [-0.05, 0) is 61.4 Å². The van der Waals surface area contributed by atoms with Crippen molar-refractivity contribution in [2.45, 2.75) is 19.9 Å². The maximum Gasteiger partial charge on any atom is 0.251 e. The van der Waals surface area contributed by atoms with Gasteiger partial charge in [0.25, 0.3) is 5.91 Å². The van der Waals surface area contributed by atoms with E-state index in [9.17, 15) is 4.79 Å². The number of aryl methyl sites for hydroxylation is 1. The highest BCUT2D eigenvalue weighted by Gasteiger charge is 2.16. The topological polar surface area (TPSA) is 47.6 Å². The third-order valence-electron chi connectivity index (χ3n) is 3.69. The Morgan fingerprint density at radius 1 is 1.09 bits per heavy atom. The lowest BCUT2D eigenvalue weighted by atomic mass is 10.0. The van der Waals surface area contributed by atoms with E-state index in [0.717, 1.165) is 15.6 Å². The van der Waals surface area contributed by atoms with E-state index in [1.165, 1.54) is 0 Å². The highest BCUT2D eigenvalue weighted by atomic mass is 79.9. The van der Waals surface area contributed by atoms with Crippen LogP contribution >= 0.6 is 15.9 Å². The number of halogens is 1. The maximum atomic E-state index is 12.3. The monoisotopic (exact) mass is 377 g/mol. The summed E-state index contributed by atoms with van der Waals surface area (Å²) < 4.78 is 11.6. The van der Waals surface area contributed by atoms with E-state index in [-0.39, 0.29) is 11.9 Å². The molecule has 0 spiro atoms. The van der Waals surface area contributed by atoms with Crippen molar-refractivity contribution < 1.29 is 14.3 Å². The standard InChI is InChI=1S/C18H20BrNO3/c1-11-9-16(22-3)17(23-4)10-15(11)12(2)20-18(21)13-5-7-14(19)8-6-13/h5-10,12H,1-4H3,(H,20,21). The van der Waals surface area contributed by atoms with Gasteiger partial charge in [-0.3, -0.25) is 4.79 Å². The molecule has 122 valence electrons. The number of benzene rings is 2. The summed E-state index contributed by atoms with van der Waals surface area (Å²) in [7, 11) is 3.21. The van der Waals surface area contributed by atoms with Crippen LogP contribution in [-0.4, -0.2) is 20.1 Å². The molecule has 2 aromatic rings. The molecule has 1 atom stereocenters. The first kappa shape index (κ1) is 17.3. The highest BCUT2D eigenvalue weighted by Crippen LogP contribution is 2.32. The van der Waals surface area contributed by atoms with E-state index >= 15 is 0 Å². The molecule has 0 saturated carbocycles. The lowest BCUT2D eigenvalue weighted by Crippen LogP contribution is -2.27. The molecule has 2 rings (SSSR count). The summed E-state index contributed by atoms with van der Waals surface area (Å²) >= 11 is 3.36. The van der Waals surface area contributed by atoms with Crippen LogP contribution in [0.3, 0.4) is 0 Å². The van der Waals surface area contributed by atoms with Crippen LogP contribution in [0.5, 0.6) is 11.5 Å². The number of ether oxygens (including phenoxy) is 2. The molecule has 0 fully saturated rings. The second-order valence-electron chi connectivity index (χ2n) is 5.27. The maximum absolute atomic E-state index is 12.3. The van der Waals surface area contributed by atoms with Gasteiger partial charge in [-0.15, -0.1) is 0 Å². The molecule has 0 bridgehead atoms. The third kappa shape index (κ3) is 4.05. The number of hydrogen-bond donors (Lipinski definition) is 1. The van der Waals surface area contributed by atoms with Crippen molar-refractivity contribution in [3.63, 3.8) is 0 Å². The van der Waals surface area contributed by atoms with Crippen LogP contribution in [-0.2, 0) is 0 Å². The summed E-state index contributed by atoms with van der Waals surface area (Å²) in [6, 6.07) is 10.9. The molecule has 0 saturated heterocycles. The van der Waals surface area contributed by atoms with Crippen molar-refractivity contribution in [3.05, 3.63) is 57.6 Å². The first-order valence-corrected chi connectivity index (χ1v) is 8.04. The molecule has 0 radical (unpaired) electrons. The quantitative estimate of drug-likeness (QED) is 0.846. The fourth-order valence-electron chi connectivity index (χ4n) is 2.42. The van der Waals surface area contributed by atoms with Crippen LogP contribution in [0.15, 0.2) is 40.9 Å². The molecule has 23 heavy (non-hydrogen) atoms. The largest absolute Gasteiger partial charge is 0.493 e. The molecule has 5 heteroatoms. The van der Waals surface area contributed by atoms with Crippen molar-refractivity contribution in [1.82, 2.24) is 5.32 Å². The Balaban J connectivity index is 2.21. The summed E-state index contributed by atoms with van der Waals surface area (Å²) in [6.07, 6.45) is 0.